The van der Waals surface area contributed by atoms with Gasteiger partial charge in [0.05, 0.1) is 5.39 Å². The Bertz CT molecular complexity index is 1100. The van der Waals surface area contributed by atoms with Gasteiger partial charge in [-0.2, -0.15) is 4.52 Å². The van der Waals surface area contributed by atoms with Crippen molar-refractivity contribution < 1.29 is 5.11 Å². The van der Waals surface area contributed by atoms with E-state index < -0.39 is 0 Å². The summed E-state index contributed by atoms with van der Waals surface area (Å²) in [5, 5.41) is 18.3. The van der Waals surface area contributed by atoms with Gasteiger partial charge in [-0.1, -0.05) is 30.3 Å². The number of aliphatic hydroxyl groups excluding tert-OH is 1. The van der Waals surface area contributed by atoms with Crippen LogP contribution in [0.15, 0.2) is 30.3 Å². The minimum absolute atomic E-state index is 0.151. The molecule has 1 aliphatic rings. The lowest BCUT2D eigenvalue weighted by Gasteiger charge is -2.10. The maximum absolute atomic E-state index is 9.10. The number of nitrogens with zero attached hydrogens (tertiary/aromatic N) is 4. The Labute approximate surface area is 160 Å². The van der Waals surface area contributed by atoms with Crippen molar-refractivity contribution >= 4 is 33.1 Å². The van der Waals surface area contributed by atoms with E-state index in [-0.39, 0.29) is 6.61 Å². The van der Waals surface area contributed by atoms with Crippen LogP contribution in [0.5, 0.6) is 0 Å². The molecule has 0 atom stereocenters. The lowest BCUT2D eigenvalue weighted by atomic mass is 9.97. The first kappa shape index (κ1) is 16.6. The smallest absolute Gasteiger partial charge is 0.227 e. The molecule has 1 aliphatic carbocycles. The monoisotopic (exact) mass is 379 g/mol. The summed E-state index contributed by atoms with van der Waals surface area (Å²) in [6.07, 6.45) is 5.37. The van der Waals surface area contributed by atoms with E-state index in [2.05, 4.69) is 5.32 Å². The van der Waals surface area contributed by atoms with Gasteiger partial charge < -0.3 is 10.4 Å². The summed E-state index contributed by atoms with van der Waals surface area (Å²) in [7, 11) is 0. The molecule has 0 amide bonds. The van der Waals surface area contributed by atoms with Crippen molar-refractivity contribution in [3.05, 3.63) is 40.8 Å². The fourth-order valence-corrected chi connectivity index (χ4v) is 4.98. The number of aliphatic hydroxyl groups is 1. The molecule has 7 heteroatoms. The van der Waals surface area contributed by atoms with Crippen molar-refractivity contribution in [1.82, 2.24) is 19.6 Å². The van der Waals surface area contributed by atoms with E-state index in [9.17, 15) is 0 Å². The summed E-state index contributed by atoms with van der Waals surface area (Å²) in [4.78, 5) is 12.3. The van der Waals surface area contributed by atoms with Crippen LogP contribution in [0.25, 0.3) is 27.3 Å². The van der Waals surface area contributed by atoms with E-state index in [0.29, 0.717) is 24.7 Å². The summed E-state index contributed by atoms with van der Waals surface area (Å²) < 4.78 is 1.84. The molecular weight excluding hydrogens is 358 g/mol. The van der Waals surface area contributed by atoms with E-state index in [1.165, 1.54) is 23.3 Å². The third kappa shape index (κ3) is 2.87. The minimum atomic E-state index is 0.151. The second-order valence-electron chi connectivity index (χ2n) is 6.87. The SMILES string of the molecule is OCCCNc1nc2sc3c(c2c2nc(-c4ccccc4)nn12)CCCC3. The van der Waals surface area contributed by atoms with E-state index in [1.807, 2.05) is 34.8 Å². The van der Waals surface area contributed by atoms with Gasteiger partial charge in [0.1, 0.15) is 4.83 Å². The predicted molar refractivity (Wildman–Crippen MR) is 108 cm³/mol. The van der Waals surface area contributed by atoms with Crippen LogP contribution in [0, 0.1) is 0 Å². The highest BCUT2D eigenvalue weighted by atomic mass is 32.1. The van der Waals surface area contributed by atoms with Crippen LogP contribution in [0.4, 0.5) is 5.95 Å². The Balaban J connectivity index is 1.74. The zero-order chi connectivity index (χ0) is 18.2. The molecule has 3 heterocycles. The van der Waals surface area contributed by atoms with Crippen molar-refractivity contribution in [2.24, 2.45) is 0 Å². The standard InChI is InChI=1S/C20H21N5OS/c26-12-6-11-21-20-23-19-16(14-9-4-5-10-15(14)27-19)18-22-17(24-25(18)20)13-7-2-1-3-8-13/h1-3,7-8,26H,4-6,9-12H2,(H,21,23). The molecule has 3 aromatic heterocycles. The maximum Gasteiger partial charge on any atom is 0.227 e. The number of hydrogen-bond acceptors (Lipinski definition) is 6. The van der Waals surface area contributed by atoms with Crippen LogP contribution < -0.4 is 5.32 Å². The molecule has 0 bridgehead atoms. The van der Waals surface area contributed by atoms with Gasteiger partial charge in [0.25, 0.3) is 0 Å². The van der Waals surface area contributed by atoms with Crippen LogP contribution in [0.2, 0.25) is 0 Å². The molecule has 5 rings (SSSR count). The number of nitrogens with one attached hydrogen (secondary N) is 1. The Morgan fingerprint density at radius 1 is 1.11 bits per heavy atom. The van der Waals surface area contributed by atoms with E-state index in [0.717, 1.165) is 34.3 Å². The molecule has 0 fully saturated rings. The predicted octanol–water partition coefficient (Wildman–Crippen LogP) is 3.68. The summed E-state index contributed by atoms with van der Waals surface area (Å²) in [5.41, 5.74) is 3.29. The van der Waals surface area contributed by atoms with Gasteiger partial charge in [-0.25, -0.2) is 9.97 Å². The van der Waals surface area contributed by atoms with Gasteiger partial charge in [0.2, 0.25) is 5.95 Å². The molecule has 0 spiro atoms. The van der Waals surface area contributed by atoms with Crippen LogP contribution in [0.1, 0.15) is 29.7 Å². The molecular formula is C20H21N5OS. The van der Waals surface area contributed by atoms with Gasteiger partial charge in [-0.05, 0) is 37.7 Å². The first-order valence-corrected chi connectivity index (χ1v) is 10.3. The van der Waals surface area contributed by atoms with Crippen molar-refractivity contribution in [3.8, 4) is 11.4 Å². The number of anilines is 1. The molecule has 0 saturated heterocycles. The highest BCUT2D eigenvalue weighted by Crippen LogP contribution is 2.38. The van der Waals surface area contributed by atoms with Crippen LogP contribution >= 0.6 is 11.3 Å². The molecule has 6 nitrogen and oxygen atoms in total. The summed E-state index contributed by atoms with van der Waals surface area (Å²) >= 11 is 1.79. The molecule has 4 aromatic rings. The summed E-state index contributed by atoms with van der Waals surface area (Å²) in [6.45, 7) is 0.800. The second-order valence-corrected chi connectivity index (χ2v) is 7.95. The maximum atomic E-state index is 9.10. The highest BCUT2D eigenvalue weighted by Gasteiger charge is 2.23. The Hall–Kier alpha value is -2.51. The number of rotatable bonds is 5. The van der Waals surface area contributed by atoms with E-state index in [4.69, 9.17) is 20.2 Å². The molecule has 138 valence electrons. The van der Waals surface area contributed by atoms with E-state index in [1.54, 1.807) is 11.3 Å². The summed E-state index contributed by atoms with van der Waals surface area (Å²) in [5.74, 6) is 1.41. The highest BCUT2D eigenvalue weighted by molar-refractivity contribution is 7.19. The molecule has 0 radical (unpaired) electrons. The molecule has 0 aliphatic heterocycles. The number of thiophene rings is 1. The van der Waals surface area contributed by atoms with Crippen LogP contribution in [-0.4, -0.2) is 37.8 Å². The summed E-state index contributed by atoms with van der Waals surface area (Å²) in [6, 6.07) is 10.1. The van der Waals surface area contributed by atoms with Gasteiger partial charge >= 0.3 is 0 Å². The van der Waals surface area contributed by atoms with Gasteiger partial charge in [-0.15, -0.1) is 16.4 Å². The van der Waals surface area contributed by atoms with Crippen molar-refractivity contribution in [2.45, 2.75) is 32.1 Å². The Kier molecular flexibility index (Phi) is 4.26. The van der Waals surface area contributed by atoms with Crippen molar-refractivity contribution in [2.75, 3.05) is 18.5 Å². The largest absolute Gasteiger partial charge is 0.396 e. The van der Waals surface area contributed by atoms with Crippen molar-refractivity contribution in [3.63, 3.8) is 0 Å². The zero-order valence-electron chi connectivity index (χ0n) is 15.0. The quantitative estimate of drug-likeness (QED) is 0.518. The lowest BCUT2D eigenvalue weighted by molar-refractivity contribution is 0.292. The zero-order valence-corrected chi connectivity index (χ0v) is 15.8. The number of aromatic nitrogens is 4. The van der Waals surface area contributed by atoms with Gasteiger partial charge in [0, 0.05) is 23.6 Å². The fraction of sp³-hybridized carbons (Fsp3) is 0.350. The third-order valence-electron chi connectivity index (χ3n) is 5.04. The van der Waals surface area contributed by atoms with Gasteiger partial charge in [0.15, 0.2) is 11.5 Å². The fourth-order valence-electron chi connectivity index (χ4n) is 3.73. The molecule has 0 unspecified atom stereocenters. The van der Waals surface area contributed by atoms with Crippen LogP contribution in [-0.2, 0) is 12.8 Å². The first-order valence-electron chi connectivity index (χ1n) is 9.46. The molecule has 2 N–H and O–H groups in total. The average Bonchev–Trinajstić information content (AvgIpc) is 3.30. The van der Waals surface area contributed by atoms with E-state index >= 15 is 0 Å². The lowest BCUT2D eigenvalue weighted by Crippen LogP contribution is -2.10. The number of aryl methyl sites for hydroxylation is 2. The topological polar surface area (TPSA) is 75.3 Å². The third-order valence-corrected chi connectivity index (χ3v) is 6.23. The minimum Gasteiger partial charge on any atom is -0.396 e. The first-order chi connectivity index (χ1) is 13.3. The number of benzene rings is 1. The second kappa shape index (κ2) is 6.90. The number of hydrogen-bond donors (Lipinski definition) is 2. The van der Waals surface area contributed by atoms with Crippen molar-refractivity contribution in [1.29, 1.82) is 0 Å². The molecule has 0 saturated carbocycles. The average molecular weight is 379 g/mol. The van der Waals surface area contributed by atoms with Gasteiger partial charge in [-0.3, -0.25) is 0 Å². The number of fused-ring (bicyclic) bond motifs is 5. The molecule has 1 aromatic carbocycles. The van der Waals surface area contributed by atoms with Crippen LogP contribution in [0.3, 0.4) is 0 Å². The molecule has 27 heavy (non-hydrogen) atoms. The Morgan fingerprint density at radius 2 is 1.96 bits per heavy atom. The normalized spacial score (nSPS) is 14.0. The Morgan fingerprint density at radius 3 is 2.81 bits per heavy atom.